The molecule has 0 N–H and O–H groups in total. The maximum atomic E-state index is 12.7. The summed E-state index contributed by atoms with van der Waals surface area (Å²) >= 11 is 1.31. The smallest absolute Gasteiger partial charge is 0.408 e. The Labute approximate surface area is 155 Å². The Morgan fingerprint density at radius 1 is 1.15 bits per heavy atom. The molecule has 4 nitrogen and oxygen atoms in total. The number of rotatable bonds is 3. The number of aromatic nitrogens is 2. The van der Waals surface area contributed by atoms with E-state index >= 15 is 0 Å². The van der Waals surface area contributed by atoms with E-state index in [2.05, 4.69) is 4.98 Å². The Hall–Kier alpha value is -2.87. The van der Waals surface area contributed by atoms with Crippen molar-refractivity contribution in [1.29, 1.82) is 0 Å². The van der Waals surface area contributed by atoms with Crippen molar-refractivity contribution in [2.75, 3.05) is 0 Å². The molecule has 0 aliphatic heterocycles. The lowest BCUT2D eigenvalue weighted by Crippen LogP contribution is -2.15. The number of hydrogen-bond donors (Lipinski definition) is 0. The number of fused-ring (bicyclic) bond motifs is 1. The molecule has 0 atom stereocenters. The Morgan fingerprint density at radius 3 is 2.59 bits per heavy atom. The highest BCUT2D eigenvalue weighted by Gasteiger charge is 2.30. The highest BCUT2D eigenvalue weighted by atomic mass is 32.1. The van der Waals surface area contributed by atoms with Gasteiger partial charge in [-0.15, -0.1) is 11.3 Å². The van der Waals surface area contributed by atoms with Gasteiger partial charge in [0.05, 0.1) is 23.3 Å². The predicted octanol–water partition coefficient (Wildman–Crippen LogP) is 5.09. The van der Waals surface area contributed by atoms with Gasteiger partial charge in [-0.05, 0) is 36.8 Å². The van der Waals surface area contributed by atoms with Crippen LogP contribution in [0.1, 0.15) is 16.8 Å². The zero-order valence-electron chi connectivity index (χ0n) is 14.1. The standard InChI is InChI=1S/C19H13F3N2O2S/c1-11-2-7-16-15(8-11)24(18(25)26-16)9-14-10-27-17(23-14)12-3-5-13(6-4-12)19(20,21)22/h2-8,10H,9H2,1H3. The normalized spacial score (nSPS) is 12.0. The van der Waals surface area contributed by atoms with Crippen molar-refractivity contribution >= 4 is 22.4 Å². The van der Waals surface area contributed by atoms with Gasteiger partial charge in [-0.3, -0.25) is 4.57 Å². The zero-order valence-corrected chi connectivity index (χ0v) is 14.9. The van der Waals surface area contributed by atoms with E-state index in [9.17, 15) is 18.0 Å². The van der Waals surface area contributed by atoms with Crippen LogP contribution in [-0.4, -0.2) is 9.55 Å². The fourth-order valence-corrected chi connectivity index (χ4v) is 3.61. The third-order valence-corrected chi connectivity index (χ3v) is 5.09. The van der Waals surface area contributed by atoms with E-state index in [1.165, 1.54) is 28.0 Å². The van der Waals surface area contributed by atoms with E-state index in [0.717, 1.165) is 17.7 Å². The zero-order chi connectivity index (χ0) is 19.2. The van der Waals surface area contributed by atoms with Gasteiger partial charge in [0.15, 0.2) is 5.58 Å². The molecule has 4 aromatic rings. The van der Waals surface area contributed by atoms with Crippen LogP contribution in [0.15, 0.2) is 57.1 Å². The third-order valence-electron chi connectivity index (χ3n) is 4.15. The summed E-state index contributed by atoms with van der Waals surface area (Å²) in [4.78, 5) is 16.6. The Bertz CT molecular complexity index is 1170. The average Bonchev–Trinajstić information content (AvgIpc) is 3.20. The summed E-state index contributed by atoms with van der Waals surface area (Å²) in [6.07, 6.45) is -4.37. The van der Waals surface area contributed by atoms with E-state index in [1.807, 2.05) is 19.1 Å². The number of thiazole rings is 1. The lowest BCUT2D eigenvalue weighted by Gasteiger charge is -2.06. The second-order valence-corrected chi connectivity index (χ2v) is 7.00. The number of halogens is 3. The Balaban J connectivity index is 1.63. The molecule has 0 fully saturated rings. The van der Waals surface area contributed by atoms with E-state index in [4.69, 9.17) is 4.42 Å². The molecule has 0 saturated heterocycles. The molecule has 0 spiro atoms. The molecule has 2 aromatic heterocycles. The molecule has 0 unspecified atom stereocenters. The van der Waals surface area contributed by atoms with E-state index in [1.54, 1.807) is 11.4 Å². The summed E-state index contributed by atoms with van der Waals surface area (Å²) in [5, 5.41) is 2.38. The summed E-state index contributed by atoms with van der Waals surface area (Å²) in [5.74, 6) is -0.473. The van der Waals surface area contributed by atoms with Gasteiger partial charge in [-0.25, -0.2) is 9.78 Å². The third kappa shape index (κ3) is 3.40. The van der Waals surface area contributed by atoms with Crippen LogP contribution in [0, 0.1) is 6.92 Å². The van der Waals surface area contributed by atoms with E-state index in [0.29, 0.717) is 27.4 Å². The van der Waals surface area contributed by atoms with Crippen LogP contribution in [0.4, 0.5) is 13.2 Å². The Morgan fingerprint density at radius 2 is 1.89 bits per heavy atom. The van der Waals surface area contributed by atoms with Crippen molar-refractivity contribution in [3.63, 3.8) is 0 Å². The van der Waals surface area contributed by atoms with E-state index in [-0.39, 0.29) is 6.54 Å². The first-order chi connectivity index (χ1) is 12.8. The minimum absolute atomic E-state index is 0.229. The summed E-state index contributed by atoms with van der Waals surface area (Å²) < 4.78 is 44.8. The first-order valence-electron chi connectivity index (χ1n) is 8.03. The van der Waals surface area contributed by atoms with Crippen LogP contribution in [0.3, 0.4) is 0 Å². The Kier molecular flexibility index (Phi) is 4.15. The molecule has 0 bridgehead atoms. The van der Waals surface area contributed by atoms with Crippen LogP contribution >= 0.6 is 11.3 Å². The number of oxazole rings is 1. The lowest BCUT2D eigenvalue weighted by atomic mass is 10.1. The van der Waals surface area contributed by atoms with Gasteiger partial charge in [-0.2, -0.15) is 13.2 Å². The van der Waals surface area contributed by atoms with Gasteiger partial charge in [0.2, 0.25) is 0 Å². The van der Waals surface area contributed by atoms with Crippen LogP contribution in [0.2, 0.25) is 0 Å². The maximum Gasteiger partial charge on any atom is 0.420 e. The van der Waals surface area contributed by atoms with Gasteiger partial charge in [0.1, 0.15) is 5.01 Å². The van der Waals surface area contributed by atoms with Crippen molar-refractivity contribution in [2.45, 2.75) is 19.6 Å². The van der Waals surface area contributed by atoms with Gasteiger partial charge in [0, 0.05) is 10.9 Å². The van der Waals surface area contributed by atoms with Gasteiger partial charge in [-0.1, -0.05) is 18.2 Å². The van der Waals surface area contributed by atoms with Crippen molar-refractivity contribution < 1.29 is 17.6 Å². The quantitative estimate of drug-likeness (QED) is 0.489. The topological polar surface area (TPSA) is 48.0 Å². The summed E-state index contributed by atoms with van der Waals surface area (Å²) in [6.45, 7) is 2.15. The molecule has 138 valence electrons. The first-order valence-corrected chi connectivity index (χ1v) is 8.91. The van der Waals surface area contributed by atoms with Crippen LogP contribution in [0.5, 0.6) is 0 Å². The average molecular weight is 390 g/mol. The second-order valence-electron chi connectivity index (χ2n) is 6.14. The number of aryl methyl sites for hydroxylation is 1. The van der Waals surface area contributed by atoms with Gasteiger partial charge >= 0.3 is 11.9 Å². The van der Waals surface area contributed by atoms with Gasteiger partial charge in [0.25, 0.3) is 0 Å². The molecular weight excluding hydrogens is 377 g/mol. The minimum Gasteiger partial charge on any atom is -0.408 e. The summed E-state index contributed by atoms with van der Waals surface area (Å²) in [5.41, 5.74) is 2.73. The largest absolute Gasteiger partial charge is 0.420 e. The van der Waals surface area contributed by atoms with Crippen molar-refractivity contribution in [2.24, 2.45) is 0 Å². The molecule has 8 heteroatoms. The fraction of sp³-hybridized carbons (Fsp3) is 0.158. The number of nitrogens with zero attached hydrogens (tertiary/aromatic N) is 2. The SMILES string of the molecule is Cc1ccc2oc(=O)n(Cc3csc(-c4ccc(C(F)(F)F)cc4)n3)c2c1. The molecule has 0 aliphatic rings. The molecule has 4 rings (SSSR count). The molecule has 0 aliphatic carbocycles. The molecule has 0 amide bonds. The van der Waals surface area contributed by atoms with Gasteiger partial charge < -0.3 is 4.42 Å². The first kappa shape index (κ1) is 17.5. The number of benzene rings is 2. The number of hydrogen-bond acceptors (Lipinski definition) is 4. The minimum atomic E-state index is -4.37. The molecule has 2 aromatic carbocycles. The van der Waals surface area contributed by atoms with Crippen LogP contribution in [-0.2, 0) is 12.7 Å². The molecule has 27 heavy (non-hydrogen) atoms. The fourth-order valence-electron chi connectivity index (χ4n) is 2.80. The number of alkyl halides is 3. The van der Waals surface area contributed by atoms with E-state index < -0.39 is 17.5 Å². The van der Waals surface area contributed by atoms with Crippen LogP contribution < -0.4 is 5.76 Å². The monoisotopic (exact) mass is 390 g/mol. The van der Waals surface area contributed by atoms with Crippen molar-refractivity contribution in [1.82, 2.24) is 9.55 Å². The molecule has 0 saturated carbocycles. The highest BCUT2D eigenvalue weighted by molar-refractivity contribution is 7.13. The molecular formula is C19H13F3N2O2S. The van der Waals surface area contributed by atoms with Crippen LogP contribution in [0.25, 0.3) is 21.7 Å². The summed E-state index contributed by atoms with van der Waals surface area (Å²) in [7, 11) is 0. The molecule has 2 heterocycles. The lowest BCUT2D eigenvalue weighted by molar-refractivity contribution is -0.137. The second kappa shape index (κ2) is 6.38. The highest BCUT2D eigenvalue weighted by Crippen LogP contribution is 2.32. The van der Waals surface area contributed by atoms with Crippen molar-refractivity contribution in [3.8, 4) is 10.6 Å². The summed E-state index contributed by atoms with van der Waals surface area (Å²) in [6, 6.07) is 10.3. The molecule has 0 radical (unpaired) electrons. The maximum absolute atomic E-state index is 12.7. The van der Waals surface area contributed by atoms with Crippen molar-refractivity contribution in [3.05, 3.63) is 75.2 Å². The predicted molar refractivity (Wildman–Crippen MR) is 96.9 cm³/mol.